The molecule has 1 aromatic heterocycles. The average molecular weight is 458 g/mol. The number of amides is 1. The fraction of sp³-hybridized carbons (Fsp3) is 0.350. The van der Waals surface area contributed by atoms with Gasteiger partial charge in [-0.25, -0.2) is 4.98 Å². The molecular weight excluding hydrogens is 442 g/mol. The number of nitriles is 1. The van der Waals surface area contributed by atoms with Gasteiger partial charge in [0.1, 0.15) is 11.8 Å². The van der Waals surface area contributed by atoms with Gasteiger partial charge >= 0.3 is 6.18 Å². The molecule has 0 saturated carbocycles. The van der Waals surface area contributed by atoms with Crippen molar-refractivity contribution in [2.45, 2.75) is 31.5 Å². The predicted octanol–water partition coefficient (Wildman–Crippen LogP) is 4.89. The fourth-order valence-electron chi connectivity index (χ4n) is 3.14. The normalized spacial score (nSPS) is 16.8. The second kappa shape index (κ2) is 9.11. The third-order valence-corrected chi connectivity index (χ3v) is 5.32. The Morgan fingerprint density at radius 1 is 1.27 bits per heavy atom. The molecule has 10 heteroatoms. The molecule has 5 nitrogen and oxygen atoms in total. The molecule has 2 heterocycles. The Labute approximate surface area is 181 Å². The van der Waals surface area contributed by atoms with E-state index in [-0.39, 0.29) is 30.3 Å². The minimum atomic E-state index is -4.70. The number of hydrogen-bond acceptors (Lipinski definition) is 4. The first-order chi connectivity index (χ1) is 14.2. The lowest BCUT2D eigenvalue weighted by Gasteiger charge is -2.33. The molecule has 0 unspecified atom stereocenters. The van der Waals surface area contributed by atoms with Gasteiger partial charge in [-0.2, -0.15) is 18.4 Å². The van der Waals surface area contributed by atoms with Gasteiger partial charge in [0.25, 0.3) is 0 Å². The van der Waals surface area contributed by atoms with Crippen molar-refractivity contribution in [1.82, 2.24) is 9.88 Å². The second-order valence-electron chi connectivity index (χ2n) is 6.84. The number of carbonyl (C=O) groups excluding carboxylic acids is 1. The quantitative estimate of drug-likeness (QED) is 0.655. The summed E-state index contributed by atoms with van der Waals surface area (Å²) in [5.74, 6) is -0.443. The van der Waals surface area contributed by atoms with Crippen molar-refractivity contribution in [2.75, 3.05) is 13.1 Å². The Balaban J connectivity index is 1.68. The van der Waals surface area contributed by atoms with Crippen molar-refractivity contribution in [1.29, 1.82) is 5.26 Å². The summed E-state index contributed by atoms with van der Waals surface area (Å²) in [6.07, 6.45) is -3.93. The molecular formula is C20H16Cl2F3N3O2. The molecule has 0 N–H and O–H groups in total. The maximum absolute atomic E-state index is 13.0. The zero-order valence-corrected chi connectivity index (χ0v) is 17.1. The first-order valence-corrected chi connectivity index (χ1v) is 9.79. The molecule has 1 aliphatic heterocycles. The largest absolute Gasteiger partial charge is 0.472 e. The van der Waals surface area contributed by atoms with E-state index in [1.165, 1.54) is 0 Å². The Kier molecular flexibility index (Phi) is 6.74. The third kappa shape index (κ3) is 5.55. The maximum atomic E-state index is 13.0. The molecule has 3 rings (SSSR count). The predicted molar refractivity (Wildman–Crippen MR) is 104 cm³/mol. The van der Waals surface area contributed by atoms with Crippen molar-refractivity contribution >= 4 is 29.1 Å². The smallest absolute Gasteiger partial charge is 0.433 e. The van der Waals surface area contributed by atoms with Gasteiger partial charge < -0.3 is 9.64 Å². The molecule has 0 radical (unpaired) electrons. The van der Waals surface area contributed by atoms with E-state index < -0.39 is 18.0 Å². The molecule has 1 amide bonds. The van der Waals surface area contributed by atoms with Gasteiger partial charge in [0.05, 0.1) is 34.6 Å². The fourth-order valence-corrected chi connectivity index (χ4v) is 3.46. The highest BCUT2D eigenvalue weighted by atomic mass is 35.5. The number of rotatable bonds is 4. The van der Waals surface area contributed by atoms with E-state index in [0.717, 1.165) is 6.07 Å². The maximum Gasteiger partial charge on any atom is 0.433 e. The molecule has 30 heavy (non-hydrogen) atoms. The Hall–Kier alpha value is -2.50. The van der Waals surface area contributed by atoms with E-state index in [1.54, 1.807) is 29.2 Å². The number of likely N-dealkylation sites (tertiary alicyclic amines) is 1. The number of benzene rings is 1. The highest BCUT2D eigenvalue weighted by molar-refractivity contribution is 6.42. The lowest BCUT2D eigenvalue weighted by molar-refractivity contribution is -0.141. The molecule has 158 valence electrons. The minimum Gasteiger partial charge on any atom is -0.472 e. The molecule has 1 aromatic carbocycles. The SMILES string of the molecule is N#Cc1cc(O[C@H]2CCCN(C(=O)Cc3ccc(Cl)c(Cl)c3)C2)nc(C(F)(F)F)c1. The van der Waals surface area contributed by atoms with E-state index in [2.05, 4.69) is 4.98 Å². The van der Waals surface area contributed by atoms with Crippen LogP contribution in [0.2, 0.25) is 10.0 Å². The van der Waals surface area contributed by atoms with Crippen molar-refractivity contribution in [3.63, 3.8) is 0 Å². The van der Waals surface area contributed by atoms with E-state index in [0.29, 0.717) is 41.1 Å². The van der Waals surface area contributed by atoms with Crippen molar-refractivity contribution < 1.29 is 22.7 Å². The van der Waals surface area contributed by atoms with Crippen LogP contribution in [0.15, 0.2) is 30.3 Å². The third-order valence-electron chi connectivity index (χ3n) is 4.58. The molecule has 1 saturated heterocycles. The summed E-state index contributed by atoms with van der Waals surface area (Å²) in [7, 11) is 0. The average Bonchev–Trinajstić information content (AvgIpc) is 2.70. The first-order valence-electron chi connectivity index (χ1n) is 9.03. The number of alkyl halides is 3. The zero-order chi connectivity index (χ0) is 21.9. The van der Waals surface area contributed by atoms with E-state index in [4.69, 9.17) is 33.2 Å². The highest BCUT2D eigenvalue weighted by Crippen LogP contribution is 2.30. The molecule has 0 spiro atoms. The molecule has 2 aromatic rings. The van der Waals surface area contributed by atoms with Crippen LogP contribution >= 0.6 is 23.2 Å². The van der Waals surface area contributed by atoms with Crippen molar-refractivity contribution in [3.05, 3.63) is 57.2 Å². The summed E-state index contributed by atoms with van der Waals surface area (Å²) in [5.41, 5.74) is -0.689. The van der Waals surface area contributed by atoms with Crippen LogP contribution in [0.3, 0.4) is 0 Å². The van der Waals surface area contributed by atoms with Gasteiger partial charge in [-0.3, -0.25) is 4.79 Å². The summed E-state index contributed by atoms with van der Waals surface area (Å²) in [6, 6.07) is 8.44. The van der Waals surface area contributed by atoms with Crippen molar-refractivity contribution in [3.8, 4) is 11.9 Å². The topological polar surface area (TPSA) is 66.2 Å². The molecule has 1 atom stereocenters. The van der Waals surface area contributed by atoms with Crippen LogP contribution in [-0.4, -0.2) is 35.0 Å². The van der Waals surface area contributed by atoms with Crippen LogP contribution in [0.1, 0.15) is 29.7 Å². The zero-order valence-electron chi connectivity index (χ0n) is 15.5. The standard InChI is InChI=1S/C20H16Cl2F3N3O2/c21-15-4-3-12(6-16(15)22)9-19(29)28-5-1-2-14(11-28)30-18-8-13(10-26)7-17(27-18)20(23,24)25/h3-4,6-8,14H,1-2,5,9,11H2/t14-/m0/s1. The first kappa shape index (κ1) is 22.2. The van der Waals surface area contributed by atoms with Gasteiger partial charge in [0.15, 0.2) is 0 Å². The Morgan fingerprint density at radius 2 is 2.03 bits per heavy atom. The van der Waals surface area contributed by atoms with Crippen molar-refractivity contribution in [2.24, 2.45) is 0 Å². The number of aromatic nitrogens is 1. The molecule has 0 bridgehead atoms. The van der Waals surface area contributed by atoms with Gasteiger partial charge in [0.2, 0.25) is 11.8 Å². The van der Waals surface area contributed by atoms with Gasteiger partial charge in [0, 0.05) is 12.6 Å². The van der Waals surface area contributed by atoms with Crippen LogP contribution < -0.4 is 4.74 Å². The number of nitrogens with zero attached hydrogens (tertiary/aromatic N) is 3. The summed E-state index contributed by atoms with van der Waals surface area (Å²) >= 11 is 11.9. The Morgan fingerprint density at radius 3 is 2.70 bits per heavy atom. The van der Waals surface area contributed by atoms with Crippen LogP contribution in [0.4, 0.5) is 13.2 Å². The summed E-state index contributed by atoms with van der Waals surface area (Å²) in [6.45, 7) is 0.722. The summed E-state index contributed by atoms with van der Waals surface area (Å²) in [4.78, 5) is 17.7. The molecule has 0 aliphatic carbocycles. The number of ether oxygens (including phenoxy) is 1. The molecule has 1 fully saturated rings. The van der Waals surface area contributed by atoms with Gasteiger partial charge in [-0.15, -0.1) is 0 Å². The summed E-state index contributed by atoms with van der Waals surface area (Å²) < 4.78 is 44.6. The van der Waals surface area contributed by atoms with E-state index in [9.17, 15) is 18.0 Å². The van der Waals surface area contributed by atoms with Crippen LogP contribution in [0.25, 0.3) is 0 Å². The number of carbonyl (C=O) groups is 1. The second-order valence-corrected chi connectivity index (χ2v) is 7.65. The number of hydrogen-bond donors (Lipinski definition) is 0. The number of halogens is 5. The van der Waals surface area contributed by atoms with Gasteiger partial charge in [-0.1, -0.05) is 29.3 Å². The lowest BCUT2D eigenvalue weighted by Crippen LogP contribution is -2.45. The number of piperidine rings is 1. The highest BCUT2D eigenvalue weighted by Gasteiger charge is 2.34. The summed E-state index contributed by atoms with van der Waals surface area (Å²) in [5, 5.41) is 9.72. The van der Waals surface area contributed by atoms with Crippen LogP contribution in [0.5, 0.6) is 5.88 Å². The van der Waals surface area contributed by atoms with Crippen LogP contribution in [0, 0.1) is 11.3 Å². The van der Waals surface area contributed by atoms with E-state index in [1.807, 2.05) is 0 Å². The molecule has 1 aliphatic rings. The minimum absolute atomic E-state index is 0.115. The van der Waals surface area contributed by atoms with Gasteiger partial charge in [-0.05, 0) is 36.6 Å². The monoisotopic (exact) mass is 457 g/mol. The Bertz CT molecular complexity index is 992. The van der Waals surface area contributed by atoms with E-state index >= 15 is 0 Å². The number of pyridine rings is 1. The van der Waals surface area contributed by atoms with Crippen LogP contribution in [-0.2, 0) is 17.4 Å². The lowest BCUT2D eigenvalue weighted by atomic mass is 10.1.